The molecule has 0 aromatic carbocycles. The Morgan fingerprint density at radius 1 is 1.75 bits per heavy atom. The van der Waals surface area contributed by atoms with Gasteiger partial charge in [-0.15, -0.1) is 0 Å². The lowest BCUT2D eigenvalue weighted by Crippen LogP contribution is -1.79. The van der Waals surface area contributed by atoms with E-state index in [4.69, 9.17) is 0 Å². The Bertz CT molecular complexity index is 144. The molecule has 1 unspecified atom stereocenters. The average molecular weight is 221 g/mol. The second-order valence-corrected chi connectivity index (χ2v) is 3.61. The molecule has 1 nitrogen and oxygen atoms in total. The summed E-state index contributed by atoms with van der Waals surface area (Å²) >= 11 is 2.37. The van der Waals surface area contributed by atoms with Crippen LogP contribution in [0.4, 0.5) is 0 Å². The highest BCUT2D eigenvalue weighted by atomic mass is 127. The summed E-state index contributed by atoms with van der Waals surface area (Å²) in [7, 11) is 0. The third kappa shape index (κ3) is 1.24. The molecule has 0 aliphatic heterocycles. The van der Waals surface area contributed by atoms with Gasteiger partial charge in [0.15, 0.2) is 0 Å². The quantitative estimate of drug-likeness (QED) is 0.553. The number of alkyl halides is 1. The molecule has 0 amide bonds. The Kier molecular flexibility index (Phi) is 1.94. The molecule has 0 bridgehead atoms. The van der Waals surface area contributed by atoms with Crippen molar-refractivity contribution in [2.75, 3.05) is 0 Å². The third-order valence-electron chi connectivity index (χ3n) is 1.05. The van der Waals surface area contributed by atoms with Crippen molar-refractivity contribution in [1.82, 2.24) is 4.98 Å². The van der Waals surface area contributed by atoms with Gasteiger partial charge in [-0.2, -0.15) is 0 Å². The second kappa shape index (κ2) is 2.53. The summed E-state index contributed by atoms with van der Waals surface area (Å²) in [4.78, 5) is 3.13. The zero-order valence-electron chi connectivity index (χ0n) is 4.69. The van der Waals surface area contributed by atoms with Crippen molar-refractivity contribution in [1.29, 1.82) is 0 Å². The monoisotopic (exact) mass is 221 g/mol. The number of rotatable bonds is 1. The lowest BCUT2D eigenvalue weighted by Gasteiger charge is -1.95. The second-order valence-electron chi connectivity index (χ2n) is 1.74. The number of hydrogen-bond donors (Lipinski definition) is 1. The summed E-state index contributed by atoms with van der Waals surface area (Å²) in [6.45, 7) is 2.16. The predicted molar refractivity (Wildman–Crippen MR) is 43.2 cm³/mol. The summed E-state index contributed by atoms with van der Waals surface area (Å²) in [5.74, 6) is 0. The molecule has 0 saturated heterocycles. The van der Waals surface area contributed by atoms with Crippen molar-refractivity contribution in [2.45, 2.75) is 10.8 Å². The zero-order chi connectivity index (χ0) is 5.98. The molecule has 0 aliphatic rings. The summed E-state index contributed by atoms with van der Waals surface area (Å²) in [5, 5.41) is 0. The molecule has 0 spiro atoms. The topological polar surface area (TPSA) is 15.8 Å². The molecule has 1 aromatic rings. The van der Waals surface area contributed by atoms with Crippen molar-refractivity contribution in [3.8, 4) is 0 Å². The fraction of sp³-hybridized carbons (Fsp3) is 0.333. The van der Waals surface area contributed by atoms with Crippen molar-refractivity contribution >= 4 is 22.6 Å². The molecular formula is C6H8IN. The van der Waals surface area contributed by atoms with Crippen molar-refractivity contribution in [3.63, 3.8) is 0 Å². The van der Waals surface area contributed by atoms with Crippen molar-refractivity contribution in [3.05, 3.63) is 24.0 Å². The lowest BCUT2D eigenvalue weighted by molar-refractivity contribution is 1.07. The van der Waals surface area contributed by atoms with E-state index in [2.05, 4.69) is 40.6 Å². The molecule has 0 fully saturated rings. The van der Waals surface area contributed by atoms with E-state index in [0.29, 0.717) is 3.92 Å². The molecule has 0 saturated carbocycles. The minimum absolute atomic E-state index is 0.600. The van der Waals surface area contributed by atoms with Crippen LogP contribution in [0, 0.1) is 0 Å². The third-order valence-corrected chi connectivity index (χ3v) is 1.72. The Hall–Kier alpha value is 0.01000. The molecule has 1 rings (SSSR count). The van der Waals surface area contributed by atoms with Crippen LogP contribution >= 0.6 is 22.6 Å². The fourth-order valence-corrected chi connectivity index (χ4v) is 0.979. The smallest absolute Gasteiger partial charge is 0.0482 e. The minimum Gasteiger partial charge on any atom is -0.364 e. The molecule has 0 radical (unpaired) electrons. The summed E-state index contributed by atoms with van der Waals surface area (Å²) in [6.07, 6.45) is 1.95. The molecule has 44 valence electrons. The van der Waals surface area contributed by atoms with Crippen LogP contribution in [0.5, 0.6) is 0 Å². The Morgan fingerprint density at radius 3 is 2.75 bits per heavy atom. The van der Waals surface area contributed by atoms with E-state index >= 15 is 0 Å². The van der Waals surface area contributed by atoms with E-state index in [9.17, 15) is 0 Å². The van der Waals surface area contributed by atoms with Gasteiger partial charge >= 0.3 is 0 Å². The molecule has 1 N–H and O–H groups in total. The van der Waals surface area contributed by atoms with E-state index in [1.807, 2.05) is 12.3 Å². The van der Waals surface area contributed by atoms with Gasteiger partial charge in [0.2, 0.25) is 0 Å². The van der Waals surface area contributed by atoms with Crippen LogP contribution in [0.1, 0.15) is 16.5 Å². The Balaban J connectivity index is 2.77. The molecule has 0 aliphatic carbocycles. The highest BCUT2D eigenvalue weighted by Crippen LogP contribution is 2.18. The summed E-state index contributed by atoms with van der Waals surface area (Å²) in [6, 6.07) is 4.11. The number of nitrogens with one attached hydrogen (secondary N) is 1. The molecule has 1 heterocycles. The predicted octanol–water partition coefficient (Wildman–Crippen LogP) is 2.51. The van der Waals surface area contributed by atoms with Crippen LogP contribution in [0.15, 0.2) is 18.3 Å². The van der Waals surface area contributed by atoms with Gasteiger partial charge in [-0.05, 0) is 19.1 Å². The zero-order valence-corrected chi connectivity index (χ0v) is 6.84. The fourth-order valence-electron chi connectivity index (χ4n) is 0.592. The number of hydrogen-bond acceptors (Lipinski definition) is 0. The first-order valence-electron chi connectivity index (χ1n) is 2.58. The highest BCUT2D eigenvalue weighted by Gasteiger charge is 1.96. The maximum absolute atomic E-state index is 3.13. The number of H-pyrrole nitrogens is 1. The summed E-state index contributed by atoms with van der Waals surface area (Å²) in [5.41, 5.74) is 1.30. The van der Waals surface area contributed by atoms with E-state index in [1.54, 1.807) is 0 Å². The van der Waals surface area contributed by atoms with E-state index in [1.165, 1.54) is 5.69 Å². The van der Waals surface area contributed by atoms with Crippen LogP contribution in [0.2, 0.25) is 0 Å². The SMILES string of the molecule is CC(I)c1ccc[nH]1. The van der Waals surface area contributed by atoms with E-state index < -0.39 is 0 Å². The summed E-state index contributed by atoms with van der Waals surface area (Å²) < 4.78 is 0.600. The van der Waals surface area contributed by atoms with Gasteiger partial charge in [0.05, 0.1) is 0 Å². The van der Waals surface area contributed by atoms with Gasteiger partial charge in [0, 0.05) is 15.8 Å². The van der Waals surface area contributed by atoms with Crippen LogP contribution in [-0.4, -0.2) is 4.98 Å². The maximum Gasteiger partial charge on any atom is 0.0482 e. The van der Waals surface area contributed by atoms with Crippen LogP contribution in [0.25, 0.3) is 0 Å². The molecule has 2 heteroatoms. The number of halogens is 1. The normalized spacial score (nSPS) is 13.8. The van der Waals surface area contributed by atoms with Gasteiger partial charge < -0.3 is 4.98 Å². The van der Waals surface area contributed by atoms with Gasteiger partial charge in [0.25, 0.3) is 0 Å². The van der Waals surface area contributed by atoms with E-state index in [0.717, 1.165) is 0 Å². The first-order chi connectivity index (χ1) is 3.80. The van der Waals surface area contributed by atoms with Crippen LogP contribution < -0.4 is 0 Å². The van der Waals surface area contributed by atoms with Gasteiger partial charge in [-0.25, -0.2) is 0 Å². The first-order valence-corrected chi connectivity index (χ1v) is 3.82. The highest BCUT2D eigenvalue weighted by molar-refractivity contribution is 14.1. The largest absolute Gasteiger partial charge is 0.364 e. The van der Waals surface area contributed by atoms with Crippen LogP contribution in [-0.2, 0) is 0 Å². The number of aromatic amines is 1. The number of aromatic nitrogens is 1. The maximum atomic E-state index is 3.13. The average Bonchev–Trinajstić information content (AvgIpc) is 2.12. The van der Waals surface area contributed by atoms with Crippen molar-refractivity contribution in [2.24, 2.45) is 0 Å². The van der Waals surface area contributed by atoms with Gasteiger partial charge in [-0.3, -0.25) is 0 Å². The molecule has 1 aromatic heterocycles. The first kappa shape index (κ1) is 6.13. The standard InChI is InChI=1S/C6H8IN/c1-5(7)6-3-2-4-8-6/h2-5,8H,1H3. The van der Waals surface area contributed by atoms with Gasteiger partial charge in [0.1, 0.15) is 0 Å². The molecular weight excluding hydrogens is 213 g/mol. The minimum atomic E-state index is 0.600. The lowest BCUT2D eigenvalue weighted by atomic mass is 10.3. The molecule has 1 atom stereocenters. The molecule has 8 heavy (non-hydrogen) atoms. The Labute approximate surface area is 62.6 Å². The van der Waals surface area contributed by atoms with Crippen LogP contribution in [0.3, 0.4) is 0 Å². The Morgan fingerprint density at radius 2 is 2.50 bits per heavy atom. The van der Waals surface area contributed by atoms with Crippen molar-refractivity contribution < 1.29 is 0 Å². The van der Waals surface area contributed by atoms with E-state index in [-0.39, 0.29) is 0 Å². The van der Waals surface area contributed by atoms with Gasteiger partial charge in [-0.1, -0.05) is 22.6 Å².